The van der Waals surface area contributed by atoms with Gasteiger partial charge in [0.1, 0.15) is 6.04 Å². The number of rotatable bonds is 2. The Bertz CT molecular complexity index is 374. The van der Waals surface area contributed by atoms with Crippen LogP contribution in [-0.2, 0) is 14.3 Å². The molecule has 0 radical (unpaired) electrons. The fraction of sp³-hybridized carbons (Fsp3) is 0.818. The van der Waals surface area contributed by atoms with Gasteiger partial charge in [-0.1, -0.05) is 0 Å². The molecule has 1 amide bonds. The minimum Gasteiger partial charge on any atom is -0.480 e. The van der Waals surface area contributed by atoms with Crippen molar-refractivity contribution in [1.82, 2.24) is 4.90 Å². The third-order valence-corrected chi connectivity index (χ3v) is 3.83. The molecule has 0 saturated carbocycles. The lowest BCUT2D eigenvalue weighted by Gasteiger charge is -2.32. The number of nitrogens with zero attached hydrogens (tertiary/aromatic N) is 1. The third-order valence-electron chi connectivity index (χ3n) is 3.83. The van der Waals surface area contributed by atoms with E-state index in [9.17, 15) is 14.7 Å². The second-order valence-electron chi connectivity index (χ2n) is 5.24. The van der Waals surface area contributed by atoms with E-state index in [4.69, 9.17) is 15.6 Å². The number of carbonyl (C=O) groups is 2. The van der Waals surface area contributed by atoms with E-state index >= 15 is 0 Å². The molecule has 2 saturated heterocycles. The zero-order valence-corrected chi connectivity index (χ0v) is 10.2. The van der Waals surface area contributed by atoms with Crippen LogP contribution in [0, 0.1) is 5.41 Å². The normalized spacial score (nSPS) is 40.2. The van der Waals surface area contributed by atoms with Gasteiger partial charge >= 0.3 is 5.97 Å². The van der Waals surface area contributed by atoms with E-state index in [0.29, 0.717) is 0 Å². The van der Waals surface area contributed by atoms with Crippen LogP contribution in [0.25, 0.3) is 0 Å². The van der Waals surface area contributed by atoms with Gasteiger partial charge in [0, 0.05) is 19.0 Å². The van der Waals surface area contributed by atoms with E-state index in [2.05, 4.69) is 0 Å². The fourth-order valence-corrected chi connectivity index (χ4v) is 2.51. The Morgan fingerprint density at radius 1 is 1.50 bits per heavy atom. The van der Waals surface area contributed by atoms with Gasteiger partial charge in [-0.15, -0.1) is 0 Å². The largest absolute Gasteiger partial charge is 0.480 e. The van der Waals surface area contributed by atoms with Gasteiger partial charge in [-0.05, 0) is 6.92 Å². The predicted molar refractivity (Wildman–Crippen MR) is 60.7 cm³/mol. The number of nitrogens with two attached hydrogens (primary N) is 1. The molecular formula is C11H18N2O5. The standard InChI is InChI=1S/C11H18N2O5/c1-11(5-18-4-8(11)12)10(17)13-3-6(14)2-7(13)9(15)16/h6-8,14H,2-5,12H2,1H3,(H,15,16)/t6-,7-,8?,11?/m1/s1. The number of carbonyl (C=O) groups excluding carboxylic acids is 1. The van der Waals surface area contributed by atoms with Crippen molar-refractivity contribution in [1.29, 1.82) is 0 Å². The Hall–Kier alpha value is -1.18. The Morgan fingerprint density at radius 3 is 2.67 bits per heavy atom. The average molecular weight is 258 g/mol. The van der Waals surface area contributed by atoms with Crippen molar-refractivity contribution in [2.75, 3.05) is 19.8 Å². The first-order chi connectivity index (χ1) is 8.36. The molecule has 0 spiro atoms. The average Bonchev–Trinajstić information content (AvgIpc) is 2.83. The highest BCUT2D eigenvalue weighted by Gasteiger charge is 2.50. The summed E-state index contributed by atoms with van der Waals surface area (Å²) in [5.41, 5.74) is 4.95. The van der Waals surface area contributed by atoms with E-state index in [1.807, 2.05) is 0 Å². The number of hydrogen-bond donors (Lipinski definition) is 3. The number of amides is 1. The van der Waals surface area contributed by atoms with Gasteiger partial charge in [0.25, 0.3) is 0 Å². The predicted octanol–water partition coefficient (Wildman–Crippen LogP) is -1.60. The summed E-state index contributed by atoms with van der Waals surface area (Å²) in [6, 6.07) is -1.42. The molecule has 7 nitrogen and oxygen atoms in total. The number of aliphatic carboxylic acids is 1. The Balaban J connectivity index is 2.20. The first-order valence-electron chi connectivity index (χ1n) is 5.91. The molecular weight excluding hydrogens is 240 g/mol. The van der Waals surface area contributed by atoms with Crippen LogP contribution in [0.5, 0.6) is 0 Å². The molecule has 2 aliphatic heterocycles. The molecule has 2 heterocycles. The van der Waals surface area contributed by atoms with Crippen molar-refractivity contribution >= 4 is 11.9 Å². The summed E-state index contributed by atoms with van der Waals surface area (Å²) in [6.07, 6.45) is -0.732. The minimum absolute atomic E-state index is 0.0398. The summed E-state index contributed by atoms with van der Waals surface area (Å²) in [6.45, 7) is 2.19. The summed E-state index contributed by atoms with van der Waals surface area (Å²) in [5, 5.41) is 18.6. The number of carboxylic acids is 1. The van der Waals surface area contributed by atoms with Crippen LogP contribution in [0.1, 0.15) is 13.3 Å². The lowest BCUT2D eigenvalue weighted by Crippen LogP contribution is -2.54. The monoisotopic (exact) mass is 258 g/mol. The van der Waals surface area contributed by atoms with Crippen molar-refractivity contribution in [2.24, 2.45) is 11.1 Å². The van der Waals surface area contributed by atoms with Crippen molar-refractivity contribution in [3.05, 3.63) is 0 Å². The minimum atomic E-state index is -1.10. The molecule has 4 atom stereocenters. The van der Waals surface area contributed by atoms with Crippen LogP contribution in [-0.4, -0.2) is 64.9 Å². The molecule has 0 bridgehead atoms. The molecule has 0 aromatic heterocycles. The van der Waals surface area contributed by atoms with Crippen LogP contribution in [0.4, 0.5) is 0 Å². The summed E-state index contributed by atoms with van der Waals surface area (Å²) in [7, 11) is 0. The number of ether oxygens (including phenoxy) is 1. The van der Waals surface area contributed by atoms with Crippen LogP contribution >= 0.6 is 0 Å². The number of β-amino-alcohol motifs (C(OH)–C–C–N with tert-alkyl or cyclic N) is 1. The molecule has 18 heavy (non-hydrogen) atoms. The van der Waals surface area contributed by atoms with Crippen LogP contribution in [0.15, 0.2) is 0 Å². The van der Waals surface area contributed by atoms with Gasteiger partial charge in [0.05, 0.1) is 24.7 Å². The van der Waals surface area contributed by atoms with E-state index in [0.717, 1.165) is 0 Å². The quantitative estimate of drug-likeness (QED) is 0.549. The van der Waals surface area contributed by atoms with Crippen molar-refractivity contribution in [2.45, 2.75) is 31.5 Å². The fourth-order valence-electron chi connectivity index (χ4n) is 2.51. The maximum absolute atomic E-state index is 12.4. The Morgan fingerprint density at radius 2 is 2.17 bits per heavy atom. The van der Waals surface area contributed by atoms with E-state index in [-0.39, 0.29) is 32.1 Å². The lowest BCUT2D eigenvalue weighted by molar-refractivity contribution is -0.153. The van der Waals surface area contributed by atoms with Gasteiger partial charge < -0.3 is 25.6 Å². The van der Waals surface area contributed by atoms with E-state index in [1.165, 1.54) is 4.90 Å². The zero-order chi connectivity index (χ0) is 13.5. The highest BCUT2D eigenvalue weighted by molar-refractivity contribution is 5.89. The molecule has 2 fully saturated rings. The third kappa shape index (κ3) is 1.98. The number of carboxylic acid groups (broad SMARTS) is 1. The second kappa shape index (κ2) is 4.49. The lowest BCUT2D eigenvalue weighted by atomic mass is 9.84. The van der Waals surface area contributed by atoms with E-state index in [1.54, 1.807) is 6.92 Å². The molecule has 7 heteroatoms. The number of hydrogen-bond acceptors (Lipinski definition) is 5. The summed E-state index contributed by atoms with van der Waals surface area (Å²) in [4.78, 5) is 24.7. The first-order valence-corrected chi connectivity index (χ1v) is 5.91. The summed E-state index contributed by atoms with van der Waals surface area (Å²) >= 11 is 0. The molecule has 2 rings (SSSR count). The highest BCUT2D eigenvalue weighted by Crippen LogP contribution is 2.32. The summed E-state index contributed by atoms with van der Waals surface area (Å²) < 4.78 is 5.19. The molecule has 2 aliphatic rings. The van der Waals surface area contributed by atoms with Crippen LogP contribution in [0.3, 0.4) is 0 Å². The SMILES string of the molecule is CC1(C(=O)N2C[C@H](O)C[C@@H]2C(=O)O)COCC1N. The smallest absolute Gasteiger partial charge is 0.326 e. The van der Waals surface area contributed by atoms with Gasteiger partial charge in [-0.25, -0.2) is 4.79 Å². The highest BCUT2D eigenvalue weighted by atomic mass is 16.5. The maximum atomic E-state index is 12.4. The molecule has 102 valence electrons. The summed E-state index contributed by atoms with van der Waals surface area (Å²) in [5.74, 6) is -1.45. The number of likely N-dealkylation sites (tertiary alicyclic amines) is 1. The Kier molecular flexibility index (Phi) is 3.31. The van der Waals surface area contributed by atoms with Crippen molar-refractivity contribution in [3.8, 4) is 0 Å². The Labute approximate surface area is 105 Å². The number of aliphatic hydroxyl groups excluding tert-OH is 1. The van der Waals surface area contributed by atoms with Crippen LogP contribution < -0.4 is 5.73 Å². The zero-order valence-electron chi connectivity index (χ0n) is 10.2. The van der Waals surface area contributed by atoms with Crippen molar-refractivity contribution < 1.29 is 24.5 Å². The van der Waals surface area contributed by atoms with E-state index < -0.39 is 29.6 Å². The van der Waals surface area contributed by atoms with Gasteiger partial charge in [0.15, 0.2) is 0 Å². The molecule has 0 aromatic rings. The molecule has 0 aliphatic carbocycles. The van der Waals surface area contributed by atoms with Gasteiger partial charge in [0.2, 0.25) is 5.91 Å². The van der Waals surface area contributed by atoms with Crippen molar-refractivity contribution in [3.63, 3.8) is 0 Å². The molecule has 2 unspecified atom stereocenters. The second-order valence-corrected chi connectivity index (χ2v) is 5.24. The first kappa shape index (κ1) is 13.3. The van der Waals surface area contributed by atoms with Gasteiger partial charge in [-0.2, -0.15) is 0 Å². The molecule has 0 aromatic carbocycles. The van der Waals surface area contributed by atoms with Crippen LogP contribution in [0.2, 0.25) is 0 Å². The van der Waals surface area contributed by atoms with Gasteiger partial charge in [-0.3, -0.25) is 4.79 Å². The molecule has 4 N–H and O–H groups in total. The maximum Gasteiger partial charge on any atom is 0.326 e. The topological polar surface area (TPSA) is 113 Å². The number of aliphatic hydroxyl groups is 1.